The van der Waals surface area contributed by atoms with Crippen LogP contribution in [0.25, 0.3) is 0 Å². The van der Waals surface area contributed by atoms with Gasteiger partial charge in [-0.15, -0.1) is 0 Å². The van der Waals surface area contributed by atoms with Crippen LogP contribution in [0.4, 0.5) is 14.5 Å². The summed E-state index contributed by atoms with van der Waals surface area (Å²) in [5.74, 6) is -1.64. The Kier molecular flexibility index (Phi) is 6.66. The van der Waals surface area contributed by atoms with E-state index in [0.717, 1.165) is 0 Å². The highest BCUT2D eigenvalue weighted by atomic mass is 19.3. The summed E-state index contributed by atoms with van der Waals surface area (Å²) < 4.78 is 34.2. The van der Waals surface area contributed by atoms with Crippen molar-refractivity contribution in [2.45, 2.75) is 26.5 Å². The van der Waals surface area contributed by atoms with Crippen LogP contribution in [0.15, 0.2) is 54.6 Å². The number of benzene rings is 2. The van der Waals surface area contributed by atoms with Crippen LogP contribution in [0.1, 0.15) is 24.2 Å². The minimum atomic E-state index is -3.07. The fourth-order valence-electron chi connectivity index (χ4n) is 2.43. The van der Waals surface area contributed by atoms with Crippen molar-refractivity contribution in [1.82, 2.24) is 0 Å². The standard InChI is InChI=1S/C19H19F2NO4/c1-13(2)22(14-8-4-3-5-9-14)17(23)12-25-18(24)15-10-6-7-11-16(15)26-19(20)21/h3-11,13,19H,12H2,1-2H3. The van der Waals surface area contributed by atoms with Gasteiger partial charge in [0.15, 0.2) is 6.61 Å². The van der Waals surface area contributed by atoms with Crippen molar-refractivity contribution in [3.63, 3.8) is 0 Å². The third kappa shape index (κ3) is 5.02. The number of carbonyl (C=O) groups is 2. The molecule has 0 saturated carbocycles. The van der Waals surface area contributed by atoms with Crippen LogP contribution in [0.3, 0.4) is 0 Å². The Hall–Kier alpha value is -2.96. The Morgan fingerprint density at radius 3 is 2.23 bits per heavy atom. The average Bonchev–Trinajstić information content (AvgIpc) is 2.60. The highest BCUT2D eigenvalue weighted by Crippen LogP contribution is 2.21. The molecule has 138 valence electrons. The third-order valence-corrected chi connectivity index (χ3v) is 3.47. The Balaban J connectivity index is 2.08. The smallest absolute Gasteiger partial charge is 0.387 e. The number of para-hydroxylation sites is 2. The number of amides is 1. The van der Waals surface area contributed by atoms with E-state index in [-0.39, 0.29) is 17.4 Å². The van der Waals surface area contributed by atoms with Crippen LogP contribution < -0.4 is 9.64 Å². The summed E-state index contributed by atoms with van der Waals surface area (Å²) >= 11 is 0. The van der Waals surface area contributed by atoms with Gasteiger partial charge in [0.2, 0.25) is 0 Å². The van der Waals surface area contributed by atoms with Gasteiger partial charge in [0.25, 0.3) is 5.91 Å². The molecule has 0 aliphatic heterocycles. The van der Waals surface area contributed by atoms with Crippen molar-refractivity contribution < 1.29 is 27.8 Å². The van der Waals surface area contributed by atoms with Crippen molar-refractivity contribution in [2.75, 3.05) is 11.5 Å². The number of alkyl halides is 2. The second-order valence-corrected chi connectivity index (χ2v) is 5.64. The topological polar surface area (TPSA) is 55.8 Å². The van der Waals surface area contributed by atoms with Crippen molar-refractivity contribution in [2.24, 2.45) is 0 Å². The summed E-state index contributed by atoms with van der Waals surface area (Å²) in [6.07, 6.45) is 0. The summed E-state index contributed by atoms with van der Waals surface area (Å²) in [5, 5.41) is 0. The summed E-state index contributed by atoms with van der Waals surface area (Å²) in [5.41, 5.74) is 0.501. The lowest BCUT2D eigenvalue weighted by Crippen LogP contribution is -2.39. The highest BCUT2D eigenvalue weighted by Gasteiger charge is 2.22. The molecule has 0 aromatic heterocycles. The number of esters is 1. The molecule has 0 aliphatic carbocycles. The maximum atomic E-state index is 12.5. The number of hydrogen-bond donors (Lipinski definition) is 0. The molecule has 0 atom stereocenters. The van der Waals surface area contributed by atoms with E-state index in [4.69, 9.17) is 4.74 Å². The summed E-state index contributed by atoms with van der Waals surface area (Å²) in [6, 6.07) is 14.3. The molecule has 2 aromatic carbocycles. The third-order valence-electron chi connectivity index (χ3n) is 3.47. The Labute approximate surface area is 150 Å². The molecule has 0 N–H and O–H groups in total. The first kappa shape index (κ1) is 19.4. The first-order valence-corrected chi connectivity index (χ1v) is 7.98. The van der Waals surface area contributed by atoms with E-state index in [1.807, 2.05) is 19.9 Å². The Morgan fingerprint density at radius 1 is 1.00 bits per heavy atom. The van der Waals surface area contributed by atoms with E-state index >= 15 is 0 Å². The molecular formula is C19H19F2NO4. The van der Waals surface area contributed by atoms with Crippen LogP contribution in [-0.4, -0.2) is 31.1 Å². The molecule has 2 rings (SSSR count). The molecule has 7 heteroatoms. The van der Waals surface area contributed by atoms with Crippen LogP contribution >= 0.6 is 0 Å². The summed E-state index contributed by atoms with van der Waals surface area (Å²) in [7, 11) is 0. The molecule has 0 radical (unpaired) electrons. The lowest BCUT2D eigenvalue weighted by atomic mass is 10.2. The molecule has 0 fully saturated rings. The zero-order chi connectivity index (χ0) is 19.1. The van der Waals surface area contributed by atoms with Crippen molar-refractivity contribution in [3.05, 3.63) is 60.2 Å². The highest BCUT2D eigenvalue weighted by molar-refractivity contribution is 5.98. The van der Waals surface area contributed by atoms with Crippen LogP contribution in [0.2, 0.25) is 0 Å². The number of halogens is 2. The van der Waals surface area contributed by atoms with Gasteiger partial charge >= 0.3 is 12.6 Å². The van der Waals surface area contributed by atoms with Gasteiger partial charge in [-0.05, 0) is 38.1 Å². The van der Waals surface area contributed by atoms with Crippen LogP contribution in [0.5, 0.6) is 5.75 Å². The molecule has 26 heavy (non-hydrogen) atoms. The summed E-state index contributed by atoms with van der Waals surface area (Å²) in [6.45, 7) is 0.0754. The fraction of sp³-hybridized carbons (Fsp3) is 0.263. The minimum absolute atomic E-state index is 0.155. The van der Waals surface area contributed by atoms with Gasteiger partial charge in [0.05, 0.1) is 0 Å². The SMILES string of the molecule is CC(C)N(C(=O)COC(=O)c1ccccc1OC(F)F)c1ccccc1. The summed E-state index contributed by atoms with van der Waals surface area (Å²) in [4.78, 5) is 26.1. The number of nitrogens with zero attached hydrogens (tertiary/aromatic N) is 1. The van der Waals surface area contributed by atoms with Crippen molar-refractivity contribution in [3.8, 4) is 5.75 Å². The number of rotatable bonds is 7. The second kappa shape index (κ2) is 8.94. The molecule has 0 spiro atoms. The normalized spacial score (nSPS) is 10.7. The number of anilines is 1. The van der Waals surface area contributed by atoms with Crippen molar-refractivity contribution >= 4 is 17.6 Å². The van der Waals surface area contributed by atoms with E-state index in [0.29, 0.717) is 5.69 Å². The number of carbonyl (C=O) groups excluding carboxylic acids is 2. The number of ether oxygens (including phenoxy) is 2. The van der Waals surface area contributed by atoms with E-state index in [2.05, 4.69) is 4.74 Å². The number of hydrogen-bond acceptors (Lipinski definition) is 4. The average molecular weight is 363 g/mol. The van der Waals surface area contributed by atoms with E-state index < -0.39 is 25.1 Å². The minimum Gasteiger partial charge on any atom is -0.452 e. The maximum Gasteiger partial charge on any atom is 0.387 e. The zero-order valence-corrected chi connectivity index (χ0v) is 14.4. The largest absolute Gasteiger partial charge is 0.452 e. The van der Waals surface area contributed by atoms with E-state index in [1.165, 1.54) is 29.2 Å². The monoisotopic (exact) mass is 363 g/mol. The molecular weight excluding hydrogens is 344 g/mol. The lowest BCUT2D eigenvalue weighted by Gasteiger charge is -2.26. The lowest BCUT2D eigenvalue weighted by molar-refractivity contribution is -0.122. The van der Waals surface area contributed by atoms with Crippen LogP contribution in [0, 0.1) is 0 Å². The molecule has 0 saturated heterocycles. The molecule has 0 heterocycles. The molecule has 5 nitrogen and oxygen atoms in total. The van der Waals surface area contributed by atoms with Crippen molar-refractivity contribution in [1.29, 1.82) is 0 Å². The van der Waals surface area contributed by atoms with Gasteiger partial charge in [-0.25, -0.2) is 4.79 Å². The zero-order valence-electron chi connectivity index (χ0n) is 14.4. The first-order valence-electron chi connectivity index (χ1n) is 7.98. The molecule has 0 aliphatic rings. The van der Waals surface area contributed by atoms with Gasteiger partial charge in [-0.1, -0.05) is 30.3 Å². The molecule has 0 bridgehead atoms. The molecule has 2 aromatic rings. The van der Waals surface area contributed by atoms with E-state index in [9.17, 15) is 18.4 Å². The van der Waals surface area contributed by atoms with E-state index in [1.54, 1.807) is 24.3 Å². The fourth-order valence-corrected chi connectivity index (χ4v) is 2.43. The Bertz CT molecular complexity index is 750. The van der Waals surface area contributed by atoms with Gasteiger partial charge in [-0.3, -0.25) is 4.79 Å². The molecule has 0 unspecified atom stereocenters. The second-order valence-electron chi connectivity index (χ2n) is 5.64. The van der Waals surface area contributed by atoms with Gasteiger partial charge in [-0.2, -0.15) is 8.78 Å². The van der Waals surface area contributed by atoms with Gasteiger partial charge < -0.3 is 14.4 Å². The van der Waals surface area contributed by atoms with Crippen LogP contribution in [-0.2, 0) is 9.53 Å². The van der Waals surface area contributed by atoms with Gasteiger partial charge in [0, 0.05) is 11.7 Å². The predicted molar refractivity (Wildman–Crippen MR) is 92.4 cm³/mol. The molecule has 1 amide bonds. The van der Waals surface area contributed by atoms with Gasteiger partial charge in [0.1, 0.15) is 11.3 Å². The predicted octanol–water partition coefficient (Wildman–Crippen LogP) is 3.89. The quantitative estimate of drug-likeness (QED) is 0.701. The maximum absolute atomic E-state index is 12.5. The Morgan fingerprint density at radius 2 is 1.62 bits per heavy atom. The first-order chi connectivity index (χ1) is 12.4.